The number of likely N-dealkylation sites (tertiary alicyclic amines) is 1. The topological polar surface area (TPSA) is 57.4 Å². The van der Waals surface area contributed by atoms with E-state index in [0.717, 1.165) is 43.7 Å². The van der Waals surface area contributed by atoms with Crippen LogP contribution in [0.2, 0.25) is 0 Å². The minimum absolute atomic E-state index is 0.0873. The summed E-state index contributed by atoms with van der Waals surface area (Å²) in [5.41, 5.74) is 6.02. The van der Waals surface area contributed by atoms with E-state index >= 15 is 0 Å². The van der Waals surface area contributed by atoms with Crippen LogP contribution in [0.3, 0.4) is 0 Å². The molecule has 1 aliphatic heterocycles. The molecule has 0 radical (unpaired) electrons. The zero-order valence-electron chi connectivity index (χ0n) is 15.7. The molecule has 0 aliphatic carbocycles. The second kappa shape index (κ2) is 7.58. The number of ether oxygens (including phenoxy) is 1. The summed E-state index contributed by atoms with van der Waals surface area (Å²) < 4.78 is 5.12. The number of aromatic nitrogens is 1. The predicted molar refractivity (Wildman–Crippen MR) is 101 cm³/mol. The summed E-state index contributed by atoms with van der Waals surface area (Å²) in [4.78, 5) is 18.3. The minimum atomic E-state index is 0.0873. The Morgan fingerprint density at radius 3 is 2.92 bits per heavy atom. The van der Waals surface area contributed by atoms with Crippen molar-refractivity contribution in [2.75, 3.05) is 33.4 Å². The monoisotopic (exact) mass is 343 g/mol. The number of hydrogen-bond acceptors (Lipinski definition) is 3. The van der Waals surface area contributed by atoms with Crippen LogP contribution in [0.4, 0.5) is 0 Å². The average Bonchev–Trinajstić information content (AvgIpc) is 3.17. The predicted octanol–water partition coefficient (Wildman–Crippen LogP) is 2.68. The van der Waals surface area contributed by atoms with Gasteiger partial charge in [-0.1, -0.05) is 11.6 Å². The fourth-order valence-corrected chi connectivity index (χ4v) is 3.72. The highest BCUT2D eigenvalue weighted by Crippen LogP contribution is 2.26. The van der Waals surface area contributed by atoms with E-state index in [1.807, 2.05) is 0 Å². The molecule has 2 aromatic rings. The lowest BCUT2D eigenvalue weighted by Gasteiger charge is -2.15. The molecule has 1 aliphatic rings. The van der Waals surface area contributed by atoms with Crippen molar-refractivity contribution in [2.24, 2.45) is 5.92 Å². The van der Waals surface area contributed by atoms with E-state index in [1.165, 1.54) is 22.2 Å². The zero-order valence-corrected chi connectivity index (χ0v) is 15.7. The van der Waals surface area contributed by atoms with Crippen molar-refractivity contribution in [3.8, 4) is 0 Å². The van der Waals surface area contributed by atoms with Crippen molar-refractivity contribution in [2.45, 2.75) is 33.7 Å². The van der Waals surface area contributed by atoms with Gasteiger partial charge in [-0.15, -0.1) is 0 Å². The first-order valence-electron chi connectivity index (χ1n) is 9.07. The van der Waals surface area contributed by atoms with E-state index in [-0.39, 0.29) is 11.8 Å². The number of amides is 1. The lowest BCUT2D eigenvalue weighted by molar-refractivity contribution is -0.124. The maximum absolute atomic E-state index is 12.6. The molecule has 1 aromatic heterocycles. The van der Waals surface area contributed by atoms with Gasteiger partial charge < -0.3 is 19.9 Å². The molecule has 1 amide bonds. The highest BCUT2D eigenvalue weighted by molar-refractivity contribution is 5.88. The smallest absolute Gasteiger partial charge is 0.224 e. The molecule has 1 aromatic carbocycles. The van der Waals surface area contributed by atoms with Crippen molar-refractivity contribution in [3.63, 3.8) is 0 Å². The van der Waals surface area contributed by atoms with Gasteiger partial charge in [0, 0.05) is 37.8 Å². The summed E-state index contributed by atoms with van der Waals surface area (Å²) >= 11 is 0. The third-order valence-electron chi connectivity index (χ3n) is 5.35. The number of H-pyrrole nitrogens is 1. The molecule has 136 valence electrons. The number of nitrogens with zero attached hydrogens (tertiary/aromatic N) is 1. The lowest BCUT2D eigenvalue weighted by atomic mass is 10.0. The van der Waals surface area contributed by atoms with E-state index in [2.05, 4.69) is 48.1 Å². The van der Waals surface area contributed by atoms with Crippen LogP contribution in [-0.4, -0.2) is 49.1 Å². The van der Waals surface area contributed by atoms with Gasteiger partial charge >= 0.3 is 0 Å². The molecule has 2 heterocycles. The number of carbonyl (C=O) groups excluding carboxylic acids is 1. The standard InChI is InChI=1S/C20H29N3O2/c1-13-9-17(19-18(10-13)14(2)15(3)22-19)11-21-20(24)16-5-6-23(12-16)7-8-25-4/h9-10,16,22H,5-8,11-12H2,1-4H3,(H,21,24)/t16-/m0/s1. The summed E-state index contributed by atoms with van der Waals surface area (Å²) in [7, 11) is 1.72. The maximum atomic E-state index is 12.6. The van der Waals surface area contributed by atoms with Gasteiger partial charge in [0.05, 0.1) is 18.0 Å². The third kappa shape index (κ3) is 3.88. The van der Waals surface area contributed by atoms with Gasteiger partial charge in [-0.05, 0) is 50.9 Å². The minimum Gasteiger partial charge on any atom is -0.383 e. The lowest BCUT2D eigenvalue weighted by Crippen LogP contribution is -2.33. The number of benzene rings is 1. The molecular weight excluding hydrogens is 314 g/mol. The number of rotatable bonds is 6. The highest BCUT2D eigenvalue weighted by Gasteiger charge is 2.27. The Morgan fingerprint density at radius 2 is 2.16 bits per heavy atom. The first-order chi connectivity index (χ1) is 12.0. The molecule has 0 unspecified atom stereocenters. The van der Waals surface area contributed by atoms with Crippen LogP contribution in [0.1, 0.15) is 28.8 Å². The summed E-state index contributed by atoms with van der Waals surface area (Å²) in [6, 6.07) is 4.38. The van der Waals surface area contributed by atoms with Crippen molar-refractivity contribution in [1.29, 1.82) is 0 Å². The third-order valence-corrected chi connectivity index (χ3v) is 5.35. The number of methoxy groups -OCH3 is 1. The van der Waals surface area contributed by atoms with Gasteiger partial charge in [-0.3, -0.25) is 4.79 Å². The molecule has 1 fully saturated rings. The summed E-state index contributed by atoms with van der Waals surface area (Å²) in [5.74, 6) is 0.249. The van der Waals surface area contributed by atoms with Crippen molar-refractivity contribution in [1.82, 2.24) is 15.2 Å². The summed E-state index contributed by atoms with van der Waals surface area (Å²) in [6.45, 7) is 10.4. The summed E-state index contributed by atoms with van der Waals surface area (Å²) in [6.07, 6.45) is 0.930. The highest BCUT2D eigenvalue weighted by atomic mass is 16.5. The fraction of sp³-hybridized carbons (Fsp3) is 0.550. The van der Waals surface area contributed by atoms with E-state index in [4.69, 9.17) is 4.74 Å². The fourth-order valence-electron chi connectivity index (χ4n) is 3.72. The van der Waals surface area contributed by atoms with Crippen LogP contribution < -0.4 is 5.32 Å². The quantitative estimate of drug-likeness (QED) is 0.848. The van der Waals surface area contributed by atoms with E-state index < -0.39 is 0 Å². The Kier molecular flexibility index (Phi) is 5.45. The van der Waals surface area contributed by atoms with Crippen LogP contribution in [0.5, 0.6) is 0 Å². The molecule has 3 rings (SSSR count). The molecule has 0 spiro atoms. The van der Waals surface area contributed by atoms with Crippen LogP contribution in [0, 0.1) is 26.7 Å². The maximum Gasteiger partial charge on any atom is 0.224 e. The number of carbonyl (C=O) groups is 1. The molecule has 1 saturated heterocycles. The van der Waals surface area contributed by atoms with Gasteiger partial charge in [0.1, 0.15) is 0 Å². The Bertz CT molecular complexity index is 766. The Labute approximate surface area is 149 Å². The van der Waals surface area contributed by atoms with E-state index in [0.29, 0.717) is 6.54 Å². The first kappa shape index (κ1) is 18.0. The van der Waals surface area contributed by atoms with Crippen LogP contribution in [-0.2, 0) is 16.1 Å². The van der Waals surface area contributed by atoms with Gasteiger partial charge in [0.25, 0.3) is 0 Å². The van der Waals surface area contributed by atoms with Gasteiger partial charge in [-0.2, -0.15) is 0 Å². The van der Waals surface area contributed by atoms with Crippen molar-refractivity contribution < 1.29 is 9.53 Å². The van der Waals surface area contributed by atoms with Crippen LogP contribution >= 0.6 is 0 Å². The first-order valence-corrected chi connectivity index (χ1v) is 9.07. The molecule has 2 N–H and O–H groups in total. The van der Waals surface area contributed by atoms with Crippen LogP contribution in [0.15, 0.2) is 12.1 Å². The zero-order chi connectivity index (χ0) is 18.0. The molecule has 5 nitrogen and oxygen atoms in total. The van der Waals surface area contributed by atoms with Gasteiger partial charge in [0.2, 0.25) is 5.91 Å². The van der Waals surface area contributed by atoms with Gasteiger partial charge in [0.15, 0.2) is 0 Å². The number of nitrogens with one attached hydrogen (secondary N) is 2. The second-order valence-electron chi connectivity index (χ2n) is 7.22. The van der Waals surface area contributed by atoms with Crippen molar-refractivity contribution in [3.05, 3.63) is 34.5 Å². The van der Waals surface area contributed by atoms with Crippen molar-refractivity contribution >= 4 is 16.8 Å². The molecule has 0 bridgehead atoms. The number of aryl methyl sites for hydroxylation is 3. The average molecular weight is 343 g/mol. The van der Waals surface area contributed by atoms with E-state index in [9.17, 15) is 4.79 Å². The SMILES string of the molecule is COCCN1CC[C@H](C(=O)NCc2cc(C)cc3c(C)c(C)[nH]c23)C1. The van der Waals surface area contributed by atoms with E-state index in [1.54, 1.807) is 7.11 Å². The molecule has 25 heavy (non-hydrogen) atoms. The molecule has 1 atom stereocenters. The Morgan fingerprint density at radius 1 is 1.36 bits per heavy atom. The van der Waals surface area contributed by atoms with Crippen LogP contribution in [0.25, 0.3) is 10.9 Å². The number of aromatic amines is 1. The molecule has 0 saturated carbocycles. The normalized spacial score (nSPS) is 18.2. The number of fused-ring (bicyclic) bond motifs is 1. The Balaban J connectivity index is 1.65. The number of hydrogen-bond donors (Lipinski definition) is 2. The summed E-state index contributed by atoms with van der Waals surface area (Å²) in [5, 5.41) is 4.41. The molecule has 5 heteroatoms. The van der Waals surface area contributed by atoms with Gasteiger partial charge in [-0.25, -0.2) is 0 Å². The Hall–Kier alpha value is -1.85. The molecular formula is C20H29N3O2. The second-order valence-corrected chi connectivity index (χ2v) is 7.22. The largest absolute Gasteiger partial charge is 0.383 e.